The average Bonchev–Trinajstić information content (AvgIpc) is 3.18. The van der Waals surface area contributed by atoms with E-state index in [1.807, 2.05) is 6.07 Å². The van der Waals surface area contributed by atoms with Crippen LogP contribution in [-0.2, 0) is 6.54 Å². The van der Waals surface area contributed by atoms with Gasteiger partial charge in [-0.05, 0) is 30.2 Å². The summed E-state index contributed by atoms with van der Waals surface area (Å²) in [6.45, 7) is 0.167. The molecule has 3 aromatic rings. The Bertz CT molecular complexity index is 1190. The fourth-order valence-corrected chi connectivity index (χ4v) is 3.04. The molecule has 9 heteroatoms. The van der Waals surface area contributed by atoms with Gasteiger partial charge in [0.15, 0.2) is 0 Å². The number of rotatable bonds is 4. The lowest BCUT2D eigenvalue weighted by atomic mass is 10.0. The summed E-state index contributed by atoms with van der Waals surface area (Å²) in [5.74, 6) is -0.984. The van der Waals surface area contributed by atoms with Gasteiger partial charge >= 0.3 is 0 Å². The zero-order valence-electron chi connectivity index (χ0n) is 15.2. The molecule has 0 aliphatic heterocycles. The molecule has 0 fully saturated rings. The zero-order chi connectivity index (χ0) is 20.4. The Morgan fingerprint density at radius 2 is 1.93 bits per heavy atom. The van der Waals surface area contributed by atoms with Crippen molar-refractivity contribution in [2.24, 2.45) is 0 Å². The lowest BCUT2D eigenvalue weighted by molar-refractivity contribution is 0.521. The van der Waals surface area contributed by atoms with Crippen LogP contribution >= 0.6 is 0 Å². The summed E-state index contributed by atoms with van der Waals surface area (Å²) >= 11 is 0. The van der Waals surface area contributed by atoms with Crippen LogP contribution in [0.3, 0.4) is 0 Å². The Kier molecular flexibility index (Phi) is 4.83. The molecular formula is C20H15F2N7. The maximum Gasteiger partial charge on any atom is 0.221 e. The summed E-state index contributed by atoms with van der Waals surface area (Å²) in [6.07, 6.45) is 3.00. The van der Waals surface area contributed by atoms with Crippen LogP contribution in [0.25, 0.3) is 22.6 Å². The molecule has 0 saturated heterocycles. The van der Waals surface area contributed by atoms with Gasteiger partial charge in [0.25, 0.3) is 0 Å². The minimum Gasteiger partial charge on any atom is -0.368 e. The number of hydrogen-bond acceptors (Lipinski definition) is 6. The van der Waals surface area contributed by atoms with Crippen LogP contribution < -0.4 is 5.73 Å². The third-order valence-corrected chi connectivity index (χ3v) is 4.47. The zero-order valence-corrected chi connectivity index (χ0v) is 15.2. The van der Waals surface area contributed by atoms with Crippen molar-refractivity contribution in [1.29, 1.82) is 5.26 Å². The van der Waals surface area contributed by atoms with E-state index in [2.05, 4.69) is 26.3 Å². The van der Waals surface area contributed by atoms with Crippen LogP contribution in [0.4, 0.5) is 14.7 Å². The summed E-state index contributed by atoms with van der Waals surface area (Å²) < 4.78 is 28.5. The molecule has 0 bridgehead atoms. The Balaban J connectivity index is 1.64. The number of benzene rings is 1. The highest BCUT2D eigenvalue weighted by atomic mass is 19.1. The normalized spacial score (nSPS) is 13.9. The third-order valence-electron chi connectivity index (χ3n) is 4.47. The molecule has 2 N–H and O–H groups in total. The number of nitriles is 1. The molecule has 7 nitrogen and oxygen atoms in total. The van der Waals surface area contributed by atoms with Crippen LogP contribution in [0.5, 0.6) is 0 Å². The van der Waals surface area contributed by atoms with E-state index in [4.69, 9.17) is 11.0 Å². The molecule has 0 radical (unpaired) electrons. The SMILES string of the molecule is N#Cc1cccc(-c2cc(-c3cn(CC4=C(F)C=C(F)CC4)nn3)nc(N)n2)c1. The molecular weight excluding hydrogens is 376 g/mol. The minimum absolute atomic E-state index is 0.0519. The quantitative estimate of drug-likeness (QED) is 0.726. The van der Waals surface area contributed by atoms with Crippen LogP contribution in [0, 0.1) is 11.3 Å². The highest BCUT2D eigenvalue weighted by Crippen LogP contribution is 2.27. The van der Waals surface area contributed by atoms with Gasteiger partial charge in [0, 0.05) is 18.1 Å². The van der Waals surface area contributed by atoms with Crippen molar-refractivity contribution < 1.29 is 8.78 Å². The second kappa shape index (κ2) is 7.59. The van der Waals surface area contributed by atoms with Crippen molar-refractivity contribution in [2.45, 2.75) is 19.4 Å². The second-order valence-electron chi connectivity index (χ2n) is 6.53. The van der Waals surface area contributed by atoms with E-state index in [0.717, 1.165) is 11.6 Å². The highest BCUT2D eigenvalue weighted by molar-refractivity contribution is 5.68. The van der Waals surface area contributed by atoms with Crippen molar-refractivity contribution >= 4 is 5.95 Å². The Hall–Kier alpha value is -3.93. The minimum atomic E-state index is -0.572. The molecule has 4 rings (SSSR count). The molecule has 1 aromatic carbocycles. The molecule has 0 amide bonds. The lowest BCUT2D eigenvalue weighted by Crippen LogP contribution is -2.06. The number of anilines is 1. The van der Waals surface area contributed by atoms with Crippen LogP contribution in [-0.4, -0.2) is 25.0 Å². The molecule has 144 valence electrons. The van der Waals surface area contributed by atoms with E-state index in [0.29, 0.717) is 34.6 Å². The van der Waals surface area contributed by atoms with Gasteiger partial charge in [0.1, 0.15) is 17.3 Å². The van der Waals surface area contributed by atoms with Crippen molar-refractivity contribution in [3.8, 4) is 28.7 Å². The van der Waals surface area contributed by atoms with Gasteiger partial charge in [-0.1, -0.05) is 17.3 Å². The second-order valence-corrected chi connectivity index (χ2v) is 6.53. The number of aromatic nitrogens is 5. The van der Waals surface area contributed by atoms with Crippen molar-refractivity contribution in [2.75, 3.05) is 5.73 Å². The maximum absolute atomic E-state index is 13.9. The van der Waals surface area contributed by atoms with Gasteiger partial charge in [0.05, 0.1) is 35.8 Å². The number of halogens is 2. The standard InChI is InChI=1S/C20H15F2N7/c21-15-5-4-14(16(22)7-15)10-29-11-19(27-28-29)18-8-17(25-20(24)26-18)13-3-1-2-12(6-13)9-23/h1-3,6-8,11H,4-5,10H2,(H2,24,25,26). The predicted octanol–water partition coefficient (Wildman–Crippen LogP) is 3.73. The van der Waals surface area contributed by atoms with Gasteiger partial charge in [-0.3, -0.25) is 0 Å². The Labute approximate surface area is 164 Å². The summed E-state index contributed by atoms with van der Waals surface area (Å²) in [4.78, 5) is 8.42. The van der Waals surface area contributed by atoms with Crippen molar-refractivity contribution in [3.05, 3.63) is 65.4 Å². The molecule has 1 aliphatic carbocycles. The van der Waals surface area contributed by atoms with E-state index < -0.39 is 11.7 Å². The van der Waals surface area contributed by atoms with E-state index in [-0.39, 0.29) is 18.9 Å². The van der Waals surface area contributed by atoms with E-state index >= 15 is 0 Å². The Morgan fingerprint density at radius 1 is 1.10 bits per heavy atom. The first-order valence-corrected chi connectivity index (χ1v) is 8.81. The first-order chi connectivity index (χ1) is 14.0. The number of nitrogens with zero attached hydrogens (tertiary/aromatic N) is 6. The lowest BCUT2D eigenvalue weighted by Gasteiger charge is -2.11. The smallest absolute Gasteiger partial charge is 0.221 e. The molecule has 1 aliphatic rings. The fourth-order valence-electron chi connectivity index (χ4n) is 3.04. The van der Waals surface area contributed by atoms with Crippen molar-refractivity contribution in [1.82, 2.24) is 25.0 Å². The number of hydrogen-bond donors (Lipinski definition) is 1. The third kappa shape index (κ3) is 4.01. The number of nitrogens with two attached hydrogens (primary N) is 1. The molecule has 0 saturated carbocycles. The number of allylic oxidation sites excluding steroid dienone is 4. The first kappa shape index (κ1) is 18.4. The predicted molar refractivity (Wildman–Crippen MR) is 102 cm³/mol. The average molecular weight is 391 g/mol. The monoisotopic (exact) mass is 391 g/mol. The molecule has 2 aromatic heterocycles. The van der Waals surface area contributed by atoms with Gasteiger partial charge in [-0.25, -0.2) is 23.4 Å². The largest absolute Gasteiger partial charge is 0.368 e. The summed E-state index contributed by atoms with van der Waals surface area (Å²) in [6, 6.07) is 10.7. The molecule has 0 spiro atoms. The maximum atomic E-state index is 13.9. The topological polar surface area (TPSA) is 106 Å². The van der Waals surface area contributed by atoms with Crippen LogP contribution in [0.1, 0.15) is 18.4 Å². The van der Waals surface area contributed by atoms with Crippen molar-refractivity contribution in [3.63, 3.8) is 0 Å². The number of nitrogen functional groups attached to an aromatic ring is 1. The molecule has 0 unspecified atom stereocenters. The highest BCUT2D eigenvalue weighted by Gasteiger charge is 2.16. The van der Waals surface area contributed by atoms with Crippen LogP contribution in [0.15, 0.2) is 59.8 Å². The van der Waals surface area contributed by atoms with Gasteiger partial charge < -0.3 is 5.73 Å². The van der Waals surface area contributed by atoms with E-state index in [9.17, 15) is 8.78 Å². The fraction of sp³-hybridized carbons (Fsp3) is 0.150. The van der Waals surface area contributed by atoms with E-state index in [1.54, 1.807) is 30.5 Å². The van der Waals surface area contributed by atoms with Gasteiger partial charge in [0.2, 0.25) is 5.95 Å². The van der Waals surface area contributed by atoms with E-state index in [1.165, 1.54) is 4.68 Å². The first-order valence-electron chi connectivity index (χ1n) is 8.81. The molecule has 29 heavy (non-hydrogen) atoms. The van der Waals surface area contributed by atoms with Gasteiger partial charge in [-0.2, -0.15) is 5.26 Å². The molecule has 2 heterocycles. The Morgan fingerprint density at radius 3 is 2.72 bits per heavy atom. The summed E-state index contributed by atoms with van der Waals surface area (Å²) in [5, 5.41) is 17.2. The van der Waals surface area contributed by atoms with Gasteiger partial charge in [-0.15, -0.1) is 5.10 Å². The van der Waals surface area contributed by atoms with Crippen LogP contribution in [0.2, 0.25) is 0 Å². The summed E-state index contributed by atoms with van der Waals surface area (Å²) in [5.41, 5.74) is 8.96. The molecule has 0 atom stereocenters. The summed E-state index contributed by atoms with van der Waals surface area (Å²) in [7, 11) is 0.